The number of amides is 3. The van der Waals surface area contributed by atoms with E-state index in [-0.39, 0.29) is 11.9 Å². The number of aromatic nitrogens is 2. The molecule has 1 aliphatic rings. The molecular weight excluding hydrogens is 314 g/mol. The van der Waals surface area contributed by atoms with E-state index in [1.165, 1.54) is 21.4 Å². The second-order valence-electron chi connectivity index (χ2n) is 5.02. The summed E-state index contributed by atoms with van der Waals surface area (Å²) in [7, 11) is 0. The van der Waals surface area contributed by atoms with E-state index in [1.54, 1.807) is 17.8 Å². The molecule has 23 heavy (non-hydrogen) atoms. The first kappa shape index (κ1) is 15.4. The molecule has 7 nitrogen and oxygen atoms in total. The van der Waals surface area contributed by atoms with Gasteiger partial charge in [-0.15, -0.1) is 11.3 Å². The number of carbonyl (C=O) groups excluding carboxylic acids is 2. The lowest BCUT2D eigenvalue weighted by Crippen LogP contribution is -2.49. The van der Waals surface area contributed by atoms with E-state index in [0.717, 1.165) is 17.0 Å². The van der Waals surface area contributed by atoms with Crippen molar-refractivity contribution in [2.24, 2.45) is 0 Å². The number of nitrogens with zero attached hydrogens (tertiary/aromatic N) is 4. The van der Waals surface area contributed by atoms with Gasteiger partial charge in [-0.05, 0) is 25.5 Å². The van der Waals surface area contributed by atoms with E-state index in [0.29, 0.717) is 25.3 Å². The maximum Gasteiger partial charge on any atom is 0.336 e. The Kier molecular flexibility index (Phi) is 4.52. The normalized spacial score (nSPS) is 14.1. The molecule has 3 amide bonds. The molecule has 0 unspecified atom stereocenters. The summed E-state index contributed by atoms with van der Waals surface area (Å²) in [4.78, 5) is 33.1. The maximum atomic E-state index is 12.6. The highest BCUT2D eigenvalue weighted by Crippen LogP contribution is 2.24. The lowest BCUT2D eigenvalue weighted by Gasteiger charge is -2.27. The largest absolute Gasteiger partial charge is 0.337 e. The van der Waals surface area contributed by atoms with Crippen molar-refractivity contribution in [2.75, 3.05) is 19.6 Å². The number of hydrogen-bond acceptors (Lipinski definition) is 5. The van der Waals surface area contributed by atoms with Crippen LogP contribution in [0.25, 0.3) is 10.6 Å². The van der Waals surface area contributed by atoms with Gasteiger partial charge in [0.15, 0.2) is 0 Å². The molecule has 0 radical (unpaired) electrons. The van der Waals surface area contributed by atoms with E-state index < -0.39 is 0 Å². The third-order valence-corrected chi connectivity index (χ3v) is 4.35. The fourth-order valence-corrected chi connectivity index (χ4v) is 3.19. The van der Waals surface area contributed by atoms with E-state index in [4.69, 9.17) is 0 Å². The summed E-state index contributed by atoms with van der Waals surface area (Å²) in [6.07, 6.45) is 4.17. The van der Waals surface area contributed by atoms with Gasteiger partial charge in [0.25, 0.3) is 5.91 Å². The van der Waals surface area contributed by atoms with Crippen LogP contribution in [-0.4, -0.2) is 51.6 Å². The Balaban J connectivity index is 1.78. The monoisotopic (exact) mass is 331 g/mol. The minimum absolute atomic E-state index is 0.249. The molecule has 2 aromatic heterocycles. The Morgan fingerprint density at radius 3 is 2.91 bits per heavy atom. The third-order valence-electron chi connectivity index (χ3n) is 3.46. The summed E-state index contributed by atoms with van der Waals surface area (Å²) in [5.41, 5.74) is 1.23. The number of pyridine rings is 1. The maximum absolute atomic E-state index is 12.6. The van der Waals surface area contributed by atoms with Gasteiger partial charge in [-0.3, -0.25) is 9.78 Å². The zero-order valence-corrected chi connectivity index (χ0v) is 13.5. The molecule has 120 valence electrons. The van der Waals surface area contributed by atoms with Crippen molar-refractivity contribution in [1.82, 2.24) is 25.3 Å². The van der Waals surface area contributed by atoms with Gasteiger partial charge in [0, 0.05) is 43.0 Å². The number of nitrogens with one attached hydrogen (secondary N) is 1. The van der Waals surface area contributed by atoms with Crippen LogP contribution >= 0.6 is 11.3 Å². The van der Waals surface area contributed by atoms with E-state index in [1.807, 2.05) is 19.1 Å². The molecule has 1 N–H and O–H groups in total. The van der Waals surface area contributed by atoms with Crippen LogP contribution in [0.4, 0.5) is 4.79 Å². The van der Waals surface area contributed by atoms with Crippen LogP contribution in [0.15, 0.2) is 29.9 Å². The highest BCUT2D eigenvalue weighted by atomic mass is 32.1. The highest BCUT2D eigenvalue weighted by Gasteiger charge is 2.32. The number of thiazole rings is 1. The topological polar surface area (TPSA) is 78.4 Å². The number of hydrogen-bond donors (Lipinski definition) is 1. The van der Waals surface area contributed by atoms with E-state index in [9.17, 15) is 9.59 Å². The van der Waals surface area contributed by atoms with Crippen LogP contribution in [0.3, 0.4) is 0 Å². The SMILES string of the molecule is CCNC(=O)N1CCCN1C(=O)c1csc(-c2cccnc2)n1. The van der Waals surface area contributed by atoms with E-state index in [2.05, 4.69) is 15.3 Å². The van der Waals surface area contributed by atoms with Crippen molar-refractivity contribution in [3.63, 3.8) is 0 Å². The minimum atomic E-state index is -0.250. The molecule has 0 bridgehead atoms. The number of carbonyl (C=O) groups is 2. The van der Waals surface area contributed by atoms with Gasteiger partial charge in [-0.2, -0.15) is 0 Å². The highest BCUT2D eigenvalue weighted by molar-refractivity contribution is 7.13. The second-order valence-corrected chi connectivity index (χ2v) is 5.88. The van der Waals surface area contributed by atoms with Crippen LogP contribution < -0.4 is 5.32 Å². The van der Waals surface area contributed by atoms with Crippen LogP contribution in [0.1, 0.15) is 23.8 Å². The Bertz CT molecular complexity index is 703. The van der Waals surface area contributed by atoms with Gasteiger partial charge >= 0.3 is 6.03 Å². The molecule has 0 aromatic carbocycles. The van der Waals surface area contributed by atoms with Crippen LogP contribution in [0, 0.1) is 0 Å². The summed E-state index contributed by atoms with van der Waals surface area (Å²) in [6, 6.07) is 3.48. The predicted molar refractivity (Wildman–Crippen MR) is 86.8 cm³/mol. The molecule has 1 fully saturated rings. The second kappa shape index (κ2) is 6.74. The first-order valence-corrected chi connectivity index (χ1v) is 8.31. The molecular formula is C15H17N5O2S. The third kappa shape index (κ3) is 3.16. The van der Waals surface area contributed by atoms with Crippen LogP contribution in [-0.2, 0) is 0 Å². The van der Waals surface area contributed by atoms with Crippen LogP contribution in [0.5, 0.6) is 0 Å². The molecule has 1 saturated heterocycles. The Labute approximate surface area is 137 Å². The van der Waals surface area contributed by atoms with Crippen LogP contribution in [0.2, 0.25) is 0 Å². The molecule has 8 heteroatoms. The predicted octanol–water partition coefficient (Wildman–Crippen LogP) is 2.00. The zero-order valence-electron chi connectivity index (χ0n) is 12.7. The minimum Gasteiger partial charge on any atom is -0.337 e. The average molecular weight is 331 g/mol. The molecule has 0 atom stereocenters. The van der Waals surface area contributed by atoms with Crippen molar-refractivity contribution < 1.29 is 9.59 Å². The molecule has 0 saturated carbocycles. The molecule has 3 rings (SSSR count). The summed E-state index contributed by atoms with van der Waals surface area (Å²) in [5, 5.41) is 8.10. The number of urea groups is 1. The molecule has 0 spiro atoms. The lowest BCUT2D eigenvalue weighted by atomic mass is 10.3. The average Bonchev–Trinajstić information content (AvgIpc) is 3.25. The Morgan fingerprint density at radius 1 is 1.35 bits per heavy atom. The van der Waals surface area contributed by atoms with Crippen molar-refractivity contribution in [2.45, 2.75) is 13.3 Å². The molecule has 2 aromatic rings. The summed E-state index contributed by atoms with van der Waals surface area (Å²) in [5.74, 6) is -0.250. The van der Waals surface area contributed by atoms with Crippen molar-refractivity contribution >= 4 is 23.3 Å². The van der Waals surface area contributed by atoms with Gasteiger partial charge in [-0.25, -0.2) is 19.8 Å². The Hall–Kier alpha value is -2.48. The quantitative estimate of drug-likeness (QED) is 0.933. The van der Waals surface area contributed by atoms with Gasteiger partial charge < -0.3 is 5.32 Å². The first-order chi connectivity index (χ1) is 11.2. The van der Waals surface area contributed by atoms with Gasteiger partial charge in [0.05, 0.1) is 0 Å². The molecule has 3 heterocycles. The smallest absolute Gasteiger partial charge is 0.336 e. The fraction of sp³-hybridized carbons (Fsp3) is 0.333. The van der Waals surface area contributed by atoms with Crippen molar-refractivity contribution in [1.29, 1.82) is 0 Å². The van der Waals surface area contributed by atoms with Gasteiger partial charge in [0.2, 0.25) is 0 Å². The van der Waals surface area contributed by atoms with Gasteiger partial charge in [0.1, 0.15) is 10.7 Å². The zero-order chi connectivity index (χ0) is 16.2. The first-order valence-electron chi connectivity index (χ1n) is 7.43. The Morgan fingerprint density at radius 2 is 2.17 bits per heavy atom. The van der Waals surface area contributed by atoms with E-state index >= 15 is 0 Å². The summed E-state index contributed by atoms with van der Waals surface area (Å²) in [6.45, 7) is 3.44. The summed E-state index contributed by atoms with van der Waals surface area (Å²) < 4.78 is 0. The van der Waals surface area contributed by atoms with Crippen molar-refractivity contribution in [3.05, 3.63) is 35.6 Å². The van der Waals surface area contributed by atoms with Crippen molar-refractivity contribution in [3.8, 4) is 10.6 Å². The van der Waals surface area contributed by atoms with Gasteiger partial charge in [-0.1, -0.05) is 0 Å². The molecule has 1 aliphatic heterocycles. The summed E-state index contributed by atoms with van der Waals surface area (Å²) >= 11 is 1.39. The number of rotatable bonds is 3. The number of hydrazine groups is 1. The standard InChI is InChI=1S/C15H17N5O2S/c1-2-17-15(22)20-8-4-7-19(20)14(21)12-10-23-13(18-12)11-5-3-6-16-9-11/h3,5-6,9-10H,2,4,7-8H2,1H3,(H,17,22). The fourth-order valence-electron chi connectivity index (χ4n) is 2.40. The molecule has 0 aliphatic carbocycles. The lowest BCUT2D eigenvalue weighted by molar-refractivity contribution is 0.0373.